The lowest BCUT2D eigenvalue weighted by Crippen LogP contribution is -2.24. The molecule has 0 saturated heterocycles. The number of carbonyl (C=O) groups excluding carboxylic acids is 1. The van der Waals surface area contributed by atoms with Crippen molar-refractivity contribution in [2.75, 3.05) is 5.75 Å². The molecule has 3 rings (SSSR count). The normalized spacial score (nSPS) is 11.0. The lowest BCUT2D eigenvalue weighted by Gasteiger charge is -2.09. The summed E-state index contributed by atoms with van der Waals surface area (Å²) in [7, 11) is 0. The van der Waals surface area contributed by atoms with E-state index in [9.17, 15) is 4.79 Å². The molecule has 130 valence electrons. The van der Waals surface area contributed by atoms with Crippen LogP contribution in [0, 0.1) is 0 Å². The van der Waals surface area contributed by atoms with Gasteiger partial charge < -0.3 is 5.32 Å². The molecule has 1 aromatic carbocycles. The van der Waals surface area contributed by atoms with Gasteiger partial charge in [0.15, 0.2) is 5.16 Å². The molecule has 3 aromatic rings. The number of thioether (sulfide) groups is 1. The first-order chi connectivity index (χ1) is 12.1. The number of carbonyl (C=O) groups is 1. The number of hydrogen-bond acceptors (Lipinski definition) is 5. The van der Waals surface area contributed by atoms with E-state index in [2.05, 4.69) is 53.6 Å². The fraction of sp³-hybridized carbons (Fsp3) is 0.278. The van der Waals surface area contributed by atoms with Crippen molar-refractivity contribution in [2.24, 2.45) is 0 Å². The van der Waals surface area contributed by atoms with Gasteiger partial charge in [0, 0.05) is 10.6 Å². The van der Waals surface area contributed by atoms with Gasteiger partial charge in [-0.05, 0) is 35.1 Å². The maximum absolute atomic E-state index is 12.0. The van der Waals surface area contributed by atoms with Gasteiger partial charge in [-0.25, -0.2) is 0 Å². The average molecular weight is 373 g/mol. The van der Waals surface area contributed by atoms with Crippen LogP contribution in [-0.4, -0.2) is 26.4 Å². The van der Waals surface area contributed by atoms with Crippen LogP contribution in [0.4, 0.5) is 0 Å². The highest BCUT2D eigenvalue weighted by Gasteiger charge is 2.10. The molecule has 2 aromatic heterocycles. The molecular weight excluding hydrogens is 352 g/mol. The van der Waals surface area contributed by atoms with Crippen molar-refractivity contribution in [1.29, 1.82) is 0 Å². The van der Waals surface area contributed by atoms with E-state index < -0.39 is 0 Å². The summed E-state index contributed by atoms with van der Waals surface area (Å²) in [6, 6.07) is 12.3. The number of benzene rings is 1. The van der Waals surface area contributed by atoms with E-state index in [-0.39, 0.29) is 5.91 Å². The van der Waals surface area contributed by atoms with Gasteiger partial charge in [0.25, 0.3) is 0 Å². The number of thiophene rings is 1. The second-order valence-electron chi connectivity index (χ2n) is 5.87. The van der Waals surface area contributed by atoms with Gasteiger partial charge in [0.2, 0.25) is 5.91 Å². The Balaban J connectivity index is 1.58. The largest absolute Gasteiger partial charge is 0.350 e. The zero-order valence-electron chi connectivity index (χ0n) is 14.2. The molecule has 0 aliphatic heterocycles. The van der Waals surface area contributed by atoms with Crippen LogP contribution in [0.5, 0.6) is 0 Å². The summed E-state index contributed by atoms with van der Waals surface area (Å²) in [6.45, 7) is 4.91. The smallest absolute Gasteiger partial charge is 0.230 e. The van der Waals surface area contributed by atoms with Crippen molar-refractivity contribution >= 4 is 29.0 Å². The van der Waals surface area contributed by atoms with E-state index in [4.69, 9.17) is 0 Å². The van der Waals surface area contributed by atoms with Crippen molar-refractivity contribution in [1.82, 2.24) is 20.1 Å². The van der Waals surface area contributed by atoms with E-state index in [0.717, 1.165) is 10.6 Å². The molecule has 1 N–H and O–H groups in total. The van der Waals surface area contributed by atoms with Gasteiger partial charge in [-0.2, -0.15) is 0 Å². The molecule has 0 bridgehead atoms. The Bertz CT molecular complexity index is 810. The lowest BCUT2D eigenvalue weighted by atomic mass is 10.0. The van der Waals surface area contributed by atoms with Crippen molar-refractivity contribution in [3.05, 3.63) is 58.5 Å². The topological polar surface area (TPSA) is 59.8 Å². The fourth-order valence-corrected chi connectivity index (χ4v) is 3.70. The monoisotopic (exact) mass is 372 g/mol. The van der Waals surface area contributed by atoms with Crippen LogP contribution in [0.2, 0.25) is 0 Å². The number of aromatic nitrogens is 3. The minimum absolute atomic E-state index is 0.0110. The van der Waals surface area contributed by atoms with Crippen LogP contribution in [0.1, 0.15) is 30.2 Å². The molecule has 5 nitrogen and oxygen atoms in total. The first kappa shape index (κ1) is 17.7. The Hall–Kier alpha value is -2.12. The highest BCUT2D eigenvalue weighted by Crippen LogP contribution is 2.21. The number of nitrogens with one attached hydrogen (secondary N) is 1. The summed E-state index contributed by atoms with van der Waals surface area (Å²) in [5.41, 5.74) is 2.29. The summed E-state index contributed by atoms with van der Waals surface area (Å²) >= 11 is 3.02. The SMILES string of the molecule is CC(C)c1ccc(-n2cnnc2SCC(=O)NCc2cccs2)cc1. The third-order valence-electron chi connectivity index (χ3n) is 3.73. The van der Waals surface area contributed by atoms with E-state index >= 15 is 0 Å². The number of nitrogens with zero attached hydrogens (tertiary/aromatic N) is 3. The molecule has 0 unspecified atom stereocenters. The molecule has 0 spiro atoms. The third-order valence-corrected chi connectivity index (χ3v) is 5.55. The maximum Gasteiger partial charge on any atom is 0.230 e. The number of hydrogen-bond donors (Lipinski definition) is 1. The second kappa shape index (κ2) is 8.31. The summed E-state index contributed by atoms with van der Waals surface area (Å²) in [5.74, 6) is 0.799. The predicted octanol–water partition coefficient (Wildman–Crippen LogP) is 3.86. The van der Waals surface area contributed by atoms with Crippen molar-refractivity contribution in [3.63, 3.8) is 0 Å². The first-order valence-electron chi connectivity index (χ1n) is 8.05. The van der Waals surface area contributed by atoms with Crippen LogP contribution >= 0.6 is 23.1 Å². The second-order valence-corrected chi connectivity index (χ2v) is 7.85. The van der Waals surface area contributed by atoms with Gasteiger partial charge >= 0.3 is 0 Å². The van der Waals surface area contributed by atoms with Crippen LogP contribution in [0.15, 0.2) is 53.3 Å². The van der Waals surface area contributed by atoms with Gasteiger partial charge in [-0.1, -0.05) is 43.8 Å². The molecule has 0 aliphatic carbocycles. The van der Waals surface area contributed by atoms with Gasteiger partial charge in [-0.15, -0.1) is 21.5 Å². The first-order valence-corrected chi connectivity index (χ1v) is 9.92. The zero-order chi connectivity index (χ0) is 17.6. The zero-order valence-corrected chi connectivity index (χ0v) is 15.8. The van der Waals surface area contributed by atoms with Crippen molar-refractivity contribution < 1.29 is 4.79 Å². The van der Waals surface area contributed by atoms with Crippen LogP contribution in [-0.2, 0) is 11.3 Å². The molecule has 1 amide bonds. The predicted molar refractivity (Wildman–Crippen MR) is 102 cm³/mol. The molecule has 0 radical (unpaired) electrons. The Labute approximate surface area is 155 Å². The Kier molecular flexibility index (Phi) is 5.88. The molecule has 25 heavy (non-hydrogen) atoms. The molecule has 0 aliphatic rings. The summed E-state index contributed by atoms with van der Waals surface area (Å²) in [5, 5.41) is 13.7. The highest BCUT2D eigenvalue weighted by molar-refractivity contribution is 7.99. The van der Waals surface area contributed by atoms with Crippen molar-refractivity contribution in [3.8, 4) is 5.69 Å². The third kappa shape index (κ3) is 4.70. The standard InChI is InChI=1S/C18H20N4OS2/c1-13(2)14-5-7-15(8-6-14)22-12-20-21-18(22)25-11-17(23)19-10-16-4-3-9-24-16/h3-9,12-13H,10-11H2,1-2H3,(H,19,23). The van der Waals surface area contributed by atoms with Gasteiger partial charge in [0.05, 0.1) is 12.3 Å². The van der Waals surface area contributed by atoms with Gasteiger partial charge in [-0.3, -0.25) is 9.36 Å². The summed E-state index contributed by atoms with van der Waals surface area (Å²) in [4.78, 5) is 13.2. The molecule has 7 heteroatoms. The van der Waals surface area contributed by atoms with Crippen LogP contribution in [0.25, 0.3) is 5.69 Å². The minimum Gasteiger partial charge on any atom is -0.350 e. The summed E-state index contributed by atoms with van der Waals surface area (Å²) in [6.07, 6.45) is 1.68. The van der Waals surface area contributed by atoms with Crippen LogP contribution < -0.4 is 5.32 Å². The highest BCUT2D eigenvalue weighted by atomic mass is 32.2. The quantitative estimate of drug-likeness (QED) is 0.640. The van der Waals surface area contributed by atoms with Crippen molar-refractivity contribution in [2.45, 2.75) is 31.5 Å². The van der Waals surface area contributed by atoms with E-state index in [1.165, 1.54) is 17.3 Å². The Morgan fingerprint density at radius 2 is 2.08 bits per heavy atom. The minimum atomic E-state index is -0.0110. The number of rotatable bonds is 7. The van der Waals surface area contributed by atoms with E-state index in [0.29, 0.717) is 23.4 Å². The molecule has 0 fully saturated rings. The molecule has 0 saturated carbocycles. The molecular formula is C18H20N4OS2. The van der Waals surface area contributed by atoms with E-state index in [1.807, 2.05) is 22.1 Å². The lowest BCUT2D eigenvalue weighted by molar-refractivity contribution is -0.118. The van der Waals surface area contributed by atoms with E-state index in [1.54, 1.807) is 17.7 Å². The number of amides is 1. The van der Waals surface area contributed by atoms with Crippen LogP contribution in [0.3, 0.4) is 0 Å². The fourth-order valence-electron chi connectivity index (χ4n) is 2.30. The summed E-state index contributed by atoms with van der Waals surface area (Å²) < 4.78 is 1.90. The van der Waals surface area contributed by atoms with Gasteiger partial charge in [0.1, 0.15) is 6.33 Å². The maximum atomic E-state index is 12.0. The Morgan fingerprint density at radius 1 is 1.28 bits per heavy atom. The average Bonchev–Trinajstić information content (AvgIpc) is 3.29. The Morgan fingerprint density at radius 3 is 2.76 bits per heavy atom. The molecule has 0 atom stereocenters. The molecule has 2 heterocycles.